The van der Waals surface area contributed by atoms with E-state index in [0.717, 1.165) is 49.8 Å². The zero-order chi connectivity index (χ0) is 22.5. The minimum atomic E-state index is -0.936. The molecule has 1 atom stereocenters. The van der Waals surface area contributed by atoms with Gasteiger partial charge >= 0.3 is 0 Å². The van der Waals surface area contributed by atoms with E-state index in [9.17, 15) is 4.79 Å². The summed E-state index contributed by atoms with van der Waals surface area (Å²) in [7, 11) is 5.80. The number of fused-ring (bicyclic) bond motifs is 3. The van der Waals surface area contributed by atoms with Crippen LogP contribution in [0.15, 0.2) is 23.2 Å². The number of aliphatic imine (C=N–C) groups is 1. The van der Waals surface area contributed by atoms with Crippen molar-refractivity contribution in [1.82, 2.24) is 9.80 Å². The van der Waals surface area contributed by atoms with E-state index in [2.05, 4.69) is 34.9 Å². The third-order valence-electron chi connectivity index (χ3n) is 7.90. The van der Waals surface area contributed by atoms with Crippen molar-refractivity contribution in [2.75, 3.05) is 34.3 Å². The van der Waals surface area contributed by atoms with Crippen molar-refractivity contribution >= 4 is 11.9 Å². The maximum atomic E-state index is 14.2. The van der Waals surface area contributed by atoms with Crippen LogP contribution in [0.1, 0.15) is 55.2 Å². The van der Waals surface area contributed by atoms with Gasteiger partial charge in [-0.25, -0.2) is 4.99 Å². The number of methoxy groups -OCH3 is 1. The molecule has 2 fully saturated rings. The Hall–Kier alpha value is -2.36. The van der Waals surface area contributed by atoms with Crippen LogP contribution in [0.3, 0.4) is 0 Å². The van der Waals surface area contributed by atoms with E-state index in [1.165, 1.54) is 18.4 Å². The molecule has 0 bridgehead atoms. The average molecular weight is 435 g/mol. The van der Waals surface area contributed by atoms with E-state index in [-0.39, 0.29) is 17.4 Å². The van der Waals surface area contributed by atoms with E-state index in [4.69, 9.17) is 15.5 Å². The third-order valence-corrected chi connectivity index (χ3v) is 7.90. The van der Waals surface area contributed by atoms with E-state index < -0.39 is 5.54 Å². The molecule has 0 radical (unpaired) electrons. The number of ether oxygens (including phenoxy) is 1. The van der Waals surface area contributed by atoms with Crippen LogP contribution in [-0.2, 0) is 21.5 Å². The quantitative estimate of drug-likeness (QED) is 0.739. The molecule has 5 rings (SSSR count). The second-order valence-electron chi connectivity index (χ2n) is 10.2. The molecule has 1 aromatic carbocycles. The Morgan fingerprint density at radius 3 is 2.66 bits per heavy atom. The van der Waals surface area contributed by atoms with Crippen LogP contribution in [-0.4, -0.2) is 62.1 Å². The SMILES string of the molecule is COC1CCC2(CC1)Cc1ccc(C#CC3CC3)cc1C21N=C(N)N(CCN(C)C)C1=O. The Morgan fingerprint density at radius 2 is 2.00 bits per heavy atom. The number of hydrogen-bond acceptors (Lipinski definition) is 5. The van der Waals surface area contributed by atoms with Crippen molar-refractivity contribution in [2.45, 2.75) is 56.6 Å². The first-order valence-electron chi connectivity index (χ1n) is 11.9. The van der Waals surface area contributed by atoms with Crippen molar-refractivity contribution < 1.29 is 9.53 Å². The number of carbonyl (C=O) groups is 1. The number of nitrogens with zero attached hydrogens (tertiary/aromatic N) is 3. The number of nitrogens with two attached hydrogens (primary N) is 1. The lowest BCUT2D eigenvalue weighted by molar-refractivity contribution is -0.138. The van der Waals surface area contributed by atoms with Gasteiger partial charge in [0.05, 0.1) is 6.10 Å². The van der Waals surface area contributed by atoms with Gasteiger partial charge in [0, 0.05) is 37.1 Å². The first-order valence-corrected chi connectivity index (χ1v) is 11.9. The number of carbonyl (C=O) groups excluding carboxylic acids is 1. The standard InChI is InChI=1S/C26H34N4O2/c1-29(2)14-15-30-23(31)26(28-24(30)27)22-16-19(7-6-18-4-5-18)8-9-20(22)17-25(26)12-10-21(32-3)11-13-25/h8-9,16,18,21H,4-5,10-15,17H2,1-3H3,(H2,27,28). The lowest BCUT2D eigenvalue weighted by atomic mass is 9.61. The van der Waals surface area contributed by atoms with Crippen molar-refractivity contribution in [1.29, 1.82) is 0 Å². The normalized spacial score (nSPS) is 31.2. The zero-order valence-corrected chi connectivity index (χ0v) is 19.5. The van der Waals surface area contributed by atoms with Crippen LogP contribution >= 0.6 is 0 Å². The minimum Gasteiger partial charge on any atom is -0.381 e. The highest BCUT2D eigenvalue weighted by molar-refractivity contribution is 6.08. The number of benzene rings is 1. The van der Waals surface area contributed by atoms with Gasteiger partial charge < -0.3 is 15.4 Å². The highest BCUT2D eigenvalue weighted by Gasteiger charge is 2.66. The molecule has 2 N–H and O–H groups in total. The number of amides is 1. The summed E-state index contributed by atoms with van der Waals surface area (Å²) in [6.45, 7) is 1.30. The van der Waals surface area contributed by atoms with E-state index in [1.807, 2.05) is 14.1 Å². The van der Waals surface area contributed by atoms with Crippen LogP contribution in [0.5, 0.6) is 0 Å². The van der Waals surface area contributed by atoms with Crippen LogP contribution in [0.25, 0.3) is 0 Å². The molecule has 6 heteroatoms. The van der Waals surface area contributed by atoms with Gasteiger partial charge in [0.1, 0.15) is 0 Å². The monoisotopic (exact) mass is 434 g/mol. The first-order chi connectivity index (χ1) is 15.4. The van der Waals surface area contributed by atoms with E-state index >= 15 is 0 Å². The highest BCUT2D eigenvalue weighted by Crippen LogP contribution is 2.62. The summed E-state index contributed by atoms with van der Waals surface area (Å²) in [5.41, 5.74) is 8.48. The van der Waals surface area contributed by atoms with Gasteiger partial charge in [-0.15, -0.1) is 0 Å². The van der Waals surface area contributed by atoms with Gasteiger partial charge in [-0.3, -0.25) is 9.69 Å². The first kappa shape index (κ1) is 21.5. The molecule has 3 aliphatic carbocycles. The summed E-state index contributed by atoms with van der Waals surface area (Å²) in [5.74, 6) is 7.64. The smallest absolute Gasteiger partial charge is 0.262 e. The molecule has 170 valence electrons. The second kappa shape index (κ2) is 7.90. The summed E-state index contributed by atoms with van der Waals surface area (Å²) in [6, 6.07) is 6.41. The molecule has 4 aliphatic rings. The number of likely N-dealkylation sites (N-methyl/N-ethyl adjacent to an activating group) is 1. The number of hydrogen-bond donors (Lipinski definition) is 1. The van der Waals surface area contributed by atoms with Crippen molar-refractivity contribution in [2.24, 2.45) is 22.1 Å². The van der Waals surface area contributed by atoms with Crippen LogP contribution in [0.4, 0.5) is 0 Å². The Morgan fingerprint density at radius 1 is 1.25 bits per heavy atom. The Labute approximate surface area is 191 Å². The summed E-state index contributed by atoms with van der Waals surface area (Å²) in [4.78, 5) is 23.0. The molecule has 1 heterocycles. The largest absolute Gasteiger partial charge is 0.381 e. The fourth-order valence-electron chi connectivity index (χ4n) is 5.87. The summed E-state index contributed by atoms with van der Waals surface area (Å²) >= 11 is 0. The number of rotatable bonds is 4. The predicted octanol–water partition coefficient (Wildman–Crippen LogP) is 2.49. The molecule has 1 aliphatic heterocycles. The molecular weight excluding hydrogens is 400 g/mol. The third kappa shape index (κ3) is 3.34. The van der Waals surface area contributed by atoms with E-state index in [1.54, 1.807) is 12.0 Å². The molecule has 6 nitrogen and oxygen atoms in total. The van der Waals surface area contributed by atoms with Crippen molar-refractivity contribution in [3.63, 3.8) is 0 Å². The lowest BCUT2D eigenvalue weighted by Gasteiger charge is -2.45. The highest BCUT2D eigenvalue weighted by atomic mass is 16.5. The number of guanidine groups is 1. The fraction of sp³-hybridized carbons (Fsp3) is 0.615. The van der Waals surface area contributed by atoms with Gasteiger partial charge in [0.2, 0.25) is 0 Å². The van der Waals surface area contributed by atoms with Gasteiger partial charge in [-0.2, -0.15) is 0 Å². The van der Waals surface area contributed by atoms with Gasteiger partial charge in [-0.1, -0.05) is 17.9 Å². The van der Waals surface area contributed by atoms with Crippen molar-refractivity contribution in [3.8, 4) is 11.8 Å². The van der Waals surface area contributed by atoms with Crippen LogP contribution in [0, 0.1) is 23.2 Å². The van der Waals surface area contributed by atoms with Gasteiger partial charge in [0.15, 0.2) is 11.5 Å². The summed E-state index contributed by atoms with van der Waals surface area (Å²) in [6.07, 6.45) is 7.23. The maximum absolute atomic E-state index is 14.2. The zero-order valence-electron chi connectivity index (χ0n) is 19.5. The summed E-state index contributed by atoms with van der Waals surface area (Å²) < 4.78 is 5.66. The molecule has 1 aromatic rings. The Kier molecular flexibility index (Phi) is 5.30. The molecule has 2 spiro atoms. The topological polar surface area (TPSA) is 71.2 Å². The Bertz CT molecular complexity index is 1010. The van der Waals surface area contributed by atoms with Crippen LogP contribution < -0.4 is 5.73 Å². The summed E-state index contributed by atoms with van der Waals surface area (Å²) in [5, 5.41) is 0. The molecule has 0 aromatic heterocycles. The van der Waals surface area contributed by atoms with E-state index in [0.29, 0.717) is 18.4 Å². The molecule has 32 heavy (non-hydrogen) atoms. The molecule has 0 saturated heterocycles. The van der Waals surface area contributed by atoms with Gasteiger partial charge in [-0.05, 0) is 82.3 Å². The maximum Gasteiger partial charge on any atom is 0.262 e. The molecule has 2 saturated carbocycles. The molecular formula is C26H34N4O2. The lowest BCUT2D eigenvalue weighted by Crippen LogP contribution is -2.53. The van der Waals surface area contributed by atoms with Crippen molar-refractivity contribution in [3.05, 3.63) is 34.9 Å². The van der Waals surface area contributed by atoms with Crippen LogP contribution in [0.2, 0.25) is 0 Å². The minimum absolute atomic E-state index is 0.0405. The second-order valence-corrected chi connectivity index (χ2v) is 10.2. The average Bonchev–Trinajstić information content (AvgIpc) is 3.52. The molecule has 1 unspecified atom stereocenters. The fourth-order valence-corrected chi connectivity index (χ4v) is 5.87. The Balaban J connectivity index is 1.58. The van der Waals surface area contributed by atoms with Gasteiger partial charge in [0.25, 0.3) is 5.91 Å². The predicted molar refractivity (Wildman–Crippen MR) is 125 cm³/mol. The molecule has 1 amide bonds.